The Kier molecular flexibility index (Phi) is 4.76. The Morgan fingerprint density at radius 2 is 2.05 bits per heavy atom. The van der Waals surface area contributed by atoms with Gasteiger partial charge in [-0.05, 0) is 30.2 Å². The van der Waals surface area contributed by atoms with Gasteiger partial charge in [-0.15, -0.1) is 0 Å². The zero-order chi connectivity index (χ0) is 14.6. The normalized spacial score (nSPS) is 17.2. The number of nitrogens with two attached hydrogens (primary N) is 1. The number of carbonyl (C=O) groups is 1. The summed E-state index contributed by atoms with van der Waals surface area (Å²) in [6.45, 7) is 2.93. The van der Waals surface area contributed by atoms with Crippen molar-refractivity contribution in [2.45, 2.75) is 38.5 Å². The summed E-state index contributed by atoms with van der Waals surface area (Å²) < 4.78 is 0. The largest absolute Gasteiger partial charge is 0.392 e. The van der Waals surface area contributed by atoms with E-state index in [1.54, 1.807) is 0 Å². The van der Waals surface area contributed by atoms with Crippen molar-refractivity contribution in [1.82, 2.24) is 5.32 Å². The number of carbonyl (C=O) groups excluding carboxylic acids is 1. The van der Waals surface area contributed by atoms with E-state index in [1.807, 2.05) is 30.3 Å². The van der Waals surface area contributed by atoms with Gasteiger partial charge in [0.15, 0.2) is 0 Å². The summed E-state index contributed by atoms with van der Waals surface area (Å²) in [5.41, 5.74) is 6.95. The number of amides is 1. The standard InChI is InChI=1S/C16H22N2OS/c1-2-8-16(9-10-16)11-18-15(19)13(14(17)20)12-6-4-3-5-7-12/h3-7,13H,2,8-11H2,1H3,(H2,17,20)(H,18,19). The van der Waals surface area contributed by atoms with Crippen molar-refractivity contribution in [3.8, 4) is 0 Å². The van der Waals surface area contributed by atoms with E-state index in [0.29, 0.717) is 5.41 Å². The van der Waals surface area contributed by atoms with E-state index in [1.165, 1.54) is 19.3 Å². The quantitative estimate of drug-likeness (QED) is 0.759. The molecule has 0 bridgehead atoms. The Morgan fingerprint density at radius 1 is 1.40 bits per heavy atom. The molecule has 0 spiro atoms. The number of nitrogens with one attached hydrogen (secondary N) is 1. The van der Waals surface area contributed by atoms with Crippen molar-refractivity contribution in [3.63, 3.8) is 0 Å². The SMILES string of the molecule is CCCC1(CNC(=O)C(C(N)=S)c2ccccc2)CC1. The molecule has 3 nitrogen and oxygen atoms in total. The molecular formula is C16H22N2OS. The lowest BCUT2D eigenvalue weighted by Crippen LogP contribution is -2.39. The second-order valence-corrected chi connectivity index (χ2v) is 6.19. The van der Waals surface area contributed by atoms with Gasteiger partial charge in [-0.1, -0.05) is 55.9 Å². The van der Waals surface area contributed by atoms with Crippen LogP contribution in [0.25, 0.3) is 0 Å². The van der Waals surface area contributed by atoms with Gasteiger partial charge in [-0.25, -0.2) is 0 Å². The van der Waals surface area contributed by atoms with Crippen LogP contribution >= 0.6 is 12.2 Å². The van der Waals surface area contributed by atoms with Crippen molar-refractivity contribution in [1.29, 1.82) is 0 Å². The first kappa shape index (κ1) is 15.0. The molecule has 20 heavy (non-hydrogen) atoms. The van der Waals surface area contributed by atoms with Crippen LogP contribution < -0.4 is 11.1 Å². The molecule has 0 aliphatic heterocycles. The lowest BCUT2D eigenvalue weighted by molar-refractivity contribution is -0.121. The fourth-order valence-electron chi connectivity index (χ4n) is 2.69. The minimum absolute atomic E-state index is 0.0777. The maximum Gasteiger partial charge on any atom is 0.234 e. The van der Waals surface area contributed by atoms with E-state index in [2.05, 4.69) is 12.2 Å². The molecule has 1 aromatic carbocycles. The number of benzene rings is 1. The van der Waals surface area contributed by atoms with Gasteiger partial charge in [0.05, 0.1) is 4.99 Å². The van der Waals surface area contributed by atoms with E-state index in [0.717, 1.165) is 18.5 Å². The zero-order valence-corrected chi connectivity index (χ0v) is 12.7. The number of thiocarbonyl (C=S) groups is 1. The van der Waals surface area contributed by atoms with Crippen LogP contribution in [-0.2, 0) is 4.79 Å². The van der Waals surface area contributed by atoms with E-state index in [9.17, 15) is 4.79 Å². The molecule has 1 amide bonds. The Hall–Kier alpha value is -1.42. The highest BCUT2D eigenvalue weighted by Gasteiger charge is 2.42. The molecule has 3 N–H and O–H groups in total. The van der Waals surface area contributed by atoms with E-state index < -0.39 is 5.92 Å². The molecular weight excluding hydrogens is 268 g/mol. The van der Waals surface area contributed by atoms with E-state index in [-0.39, 0.29) is 10.9 Å². The lowest BCUT2D eigenvalue weighted by atomic mass is 9.96. The van der Waals surface area contributed by atoms with Crippen LogP contribution in [0.3, 0.4) is 0 Å². The molecule has 0 saturated heterocycles. The highest BCUT2D eigenvalue weighted by atomic mass is 32.1. The van der Waals surface area contributed by atoms with Crippen LogP contribution in [-0.4, -0.2) is 17.4 Å². The monoisotopic (exact) mass is 290 g/mol. The first-order chi connectivity index (χ1) is 9.58. The molecule has 1 fully saturated rings. The van der Waals surface area contributed by atoms with Gasteiger partial charge >= 0.3 is 0 Å². The Morgan fingerprint density at radius 3 is 2.55 bits per heavy atom. The number of rotatable bonds is 7. The summed E-state index contributed by atoms with van der Waals surface area (Å²) in [7, 11) is 0. The summed E-state index contributed by atoms with van der Waals surface area (Å²) in [4.78, 5) is 12.6. The molecule has 1 aromatic rings. The molecule has 1 saturated carbocycles. The van der Waals surface area contributed by atoms with Crippen LogP contribution in [0.1, 0.15) is 44.1 Å². The van der Waals surface area contributed by atoms with Crippen molar-refractivity contribution in [2.24, 2.45) is 11.1 Å². The average Bonchev–Trinajstić information content (AvgIpc) is 3.18. The molecule has 1 unspecified atom stereocenters. The maximum absolute atomic E-state index is 12.4. The summed E-state index contributed by atoms with van der Waals surface area (Å²) in [5.74, 6) is -0.602. The highest BCUT2D eigenvalue weighted by Crippen LogP contribution is 2.48. The Balaban J connectivity index is 2.00. The molecule has 0 aromatic heterocycles. The van der Waals surface area contributed by atoms with Crippen LogP contribution in [0.4, 0.5) is 0 Å². The maximum atomic E-state index is 12.4. The van der Waals surface area contributed by atoms with E-state index in [4.69, 9.17) is 18.0 Å². The van der Waals surface area contributed by atoms with Gasteiger partial charge in [-0.3, -0.25) is 4.79 Å². The number of hydrogen-bond donors (Lipinski definition) is 2. The third kappa shape index (κ3) is 3.57. The van der Waals surface area contributed by atoms with E-state index >= 15 is 0 Å². The van der Waals surface area contributed by atoms with Crippen LogP contribution in [0.5, 0.6) is 0 Å². The third-order valence-corrected chi connectivity index (χ3v) is 4.29. The van der Waals surface area contributed by atoms with Crippen molar-refractivity contribution in [3.05, 3.63) is 35.9 Å². The van der Waals surface area contributed by atoms with Gasteiger partial charge in [-0.2, -0.15) is 0 Å². The van der Waals surface area contributed by atoms with Crippen molar-refractivity contribution < 1.29 is 4.79 Å². The third-order valence-electron chi connectivity index (χ3n) is 4.05. The smallest absolute Gasteiger partial charge is 0.234 e. The first-order valence-corrected chi connectivity index (χ1v) is 7.61. The van der Waals surface area contributed by atoms with Crippen molar-refractivity contribution >= 4 is 23.1 Å². The first-order valence-electron chi connectivity index (χ1n) is 7.20. The predicted octanol–water partition coefficient (Wildman–Crippen LogP) is 2.75. The summed E-state index contributed by atoms with van der Waals surface area (Å²) in [6, 6.07) is 9.49. The van der Waals surface area contributed by atoms with Crippen molar-refractivity contribution in [2.75, 3.05) is 6.54 Å². The summed E-state index contributed by atoms with van der Waals surface area (Å²) >= 11 is 5.07. The number of hydrogen-bond acceptors (Lipinski definition) is 2. The van der Waals surface area contributed by atoms with Gasteiger partial charge in [0.25, 0.3) is 0 Å². The molecule has 0 heterocycles. The Bertz CT molecular complexity index is 483. The summed E-state index contributed by atoms with van der Waals surface area (Å²) in [6.07, 6.45) is 4.76. The van der Waals surface area contributed by atoms with Crippen LogP contribution in [0.15, 0.2) is 30.3 Å². The van der Waals surface area contributed by atoms with Gasteiger partial charge in [0.2, 0.25) is 5.91 Å². The Labute approximate surface area is 125 Å². The lowest BCUT2D eigenvalue weighted by Gasteiger charge is -2.19. The van der Waals surface area contributed by atoms with Gasteiger partial charge in [0.1, 0.15) is 5.92 Å². The fourth-order valence-corrected chi connectivity index (χ4v) is 2.93. The fraction of sp³-hybridized carbons (Fsp3) is 0.500. The molecule has 1 atom stereocenters. The minimum atomic E-state index is -0.524. The zero-order valence-electron chi connectivity index (χ0n) is 11.9. The summed E-state index contributed by atoms with van der Waals surface area (Å²) in [5, 5.41) is 3.04. The molecule has 4 heteroatoms. The minimum Gasteiger partial charge on any atom is -0.392 e. The van der Waals surface area contributed by atoms with Crippen LogP contribution in [0.2, 0.25) is 0 Å². The molecule has 108 valence electrons. The predicted molar refractivity (Wildman–Crippen MR) is 85.6 cm³/mol. The van der Waals surface area contributed by atoms with Gasteiger partial charge in [0, 0.05) is 6.54 Å². The molecule has 2 rings (SSSR count). The molecule has 1 aliphatic rings. The average molecular weight is 290 g/mol. The van der Waals surface area contributed by atoms with Crippen LogP contribution in [0, 0.1) is 5.41 Å². The second kappa shape index (κ2) is 6.35. The second-order valence-electron chi connectivity index (χ2n) is 5.71. The highest BCUT2D eigenvalue weighted by molar-refractivity contribution is 7.80. The topological polar surface area (TPSA) is 55.1 Å². The van der Waals surface area contributed by atoms with Gasteiger partial charge < -0.3 is 11.1 Å². The molecule has 0 radical (unpaired) electrons. The molecule has 1 aliphatic carbocycles.